The summed E-state index contributed by atoms with van der Waals surface area (Å²) in [4.78, 5) is -0.955. The van der Waals surface area contributed by atoms with Crippen molar-refractivity contribution in [3.8, 4) is 0 Å². The van der Waals surface area contributed by atoms with Crippen LogP contribution in [0.5, 0.6) is 0 Å². The van der Waals surface area contributed by atoms with E-state index in [9.17, 15) is 17.2 Å². The maximum absolute atomic E-state index is 13.5. The van der Waals surface area contributed by atoms with Crippen LogP contribution in [-0.4, -0.2) is 21.6 Å². The minimum absolute atomic E-state index is 0.0254. The van der Waals surface area contributed by atoms with E-state index in [4.69, 9.17) is 4.74 Å². The Balaban J connectivity index is 1.82. The standard InChI is InChI=1S/C17H19F2NO3S/c1-13(14-7-3-2-4-8-14)23-12-6-11-20-24(21,22)17-15(18)9-5-10-16(17)19/h2-5,7-10,13,20H,6,11-12H2,1H3. The lowest BCUT2D eigenvalue weighted by Gasteiger charge is -2.13. The van der Waals surface area contributed by atoms with Crippen LogP contribution in [0.3, 0.4) is 0 Å². The molecule has 0 amide bonds. The number of benzene rings is 2. The molecule has 1 unspecified atom stereocenters. The molecule has 7 heteroatoms. The van der Waals surface area contributed by atoms with E-state index >= 15 is 0 Å². The molecule has 0 heterocycles. The first-order chi connectivity index (χ1) is 11.4. The molecule has 1 N–H and O–H groups in total. The van der Waals surface area contributed by atoms with Crippen LogP contribution in [-0.2, 0) is 14.8 Å². The van der Waals surface area contributed by atoms with Gasteiger partial charge in [-0.2, -0.15) is 0 Å². The van der Waals surface area contributed by atoms with Gasteiger partial charge in [0.05, 0.1) is 6.10 Å². The van der Waals surface area contributed by atoms with Crippen LogP contribution in [0.1, 0.15) is 25.0 Å². The lowest BCUT2D eigenvalue weighted by Crippen LogP contribution is -2.27. The van der Waals surface area contributed by atoms with Gasteiger partial charge in [0.15, 0.2) is 4.90 Å². The average molecular weight is 355 g/mol. The zero-order chi connectivity index (χ0) is 17.6. The van der Waals surface area contributed by atoms with Crippen LogP contribution in [0.4, 0.5) is 8.78 Å². The molecule has 2 rings (SSSR count). The van der Waals surface area contributed by atoms with E-state index in [0.29, 0.717) is 13.0 Å². The van der Waals surface area contributed by atoms with E-state index in [1.165, 1.54) is 0 Å². The van der Waals surface area contributed by atoms with Crippen LogP contribution < -0.4 is 4.72 Å². The lowest BCUT2D eigenvalue weighted by atomic mass is 10.1. The van der Waals surface area contributed by atoms with Gasteiger partial charge in [-0.1, -0.05) is 36.4 Å². The number of ether oxygens (including phenoxy) is 1. The average Bonchev–Trinajstić information content (AvgIpc) is 2.54. The molecule has 0 fully saturated rings. The third kappa shape index (κ3) is 4.83. The zero-order valence-corrected chi connectivity index (χ0v) is 14.0. The minimum atomic E-state index is -4.23. The molecular weight excluding hydrogens is 336 g/mol. The van der Waals surface area contributed by atoms with Gasteiger partial charge >= 0.3 is 0 Å². The molecule has 130 valence electrons. The van der Waals surface area contributed by atoms with Crippen molar-refractivity contribution < 1.29 is 21.9 Å². The SMILES string of the molecule is CC(OCCCNS(=O)(=O)c1c(F)cccc1F)c1ccccc1. The van der Waals surface area contributed by atoms with Gasteiger partial charge in [-0.3, -0.25) is 0 Å². The molecule has 0 aromatic heterocycles. The van der Waals surface area contributed by atoms with E-state index in [0.717, 1.165) is 23.8 Å². The summed E-state index contributed by atoms with van der Waals surface area (Å²) in [5, 5.41) is 0. The molecule has 0 saturated heterocycles. The molecule has 0 saturated carbocycles. The molecule has 0 radical (unpaired) electrons. The Morgan fingerprint density at radius 3 is 2.29 bits per heavy atom. The summed E-state index contributed by atoms with van der Waals surface area (Å²) in [6.07, 6.45) is 0.263. The van der Waals surface area contributed by atoms with Gasteiger partial charge in [0.1, 0.15) is 11.6 Å². The fraction of sp³-hybridized carbons (Fsp3) is 0.294. The molecule has 4 nitrogen and oxygen atoms in total. The summed E-state index contributed by atoms with van der Waals surface area (Å²) in [6, 6.07) is 12.5. The van der Waals surface area contributed by atoms with Gasteiger partial charge in [0, 0.05) is 13.2 Å². The second kappa shape index (κ2) is 8.32. The van der Waals surface area contributed by atoms with Crippen molar-refractivity contribution in [2.75, 3.05) is 13.2 Å². The first-order valence-electron chi connectivity index (χ1n) is 7.52. The second-order valence-electron chi connectivity index (χ2n) is 5.23. The summed E-state index contributed by atoms with van der Waals surface area (Å²) in [6.45, 7) is 2.24. The maximum atomic E-state index is 13.5. The Kier molecular flexibility index (Phi) is 6.42. The highest BCUT2D eigenvalue weighted by Crippen LogP contribution is 2.18. The van der Waals surface area contributed by atoms with Crippen molar-refractivity contribution in [2.45, 2.75) is 24.3 Å². The van der Waals surface area contributed by atoms with Crippen molar-refractivity contribution in [1.82, 2.24) is 4.72 Å². The van der Waals surface area contributed by atoms with Gasteiger partial charge in [-0.05, 0) is 31.0 Å². The molecule has 0 aliphatic heterocycles. The largest absolute Gasteiger partial charge is 0.374 e. The fourth-order valence-corrected chi connectivity index (χ4v) is 3.38. The summed E-state index contributed by atoms with van der Waals surface area (Å²) in [5.74, 6) is -2.23. The van der Waals surface area contributed by atoms with Crippen molar-refractivity contribution >= 4 is 10.0 Å². The third-order valence-electron chi connectivity index (χ3n) is 3.44. The molecule has 24 heavy (non-hydrogen) atoms. The maximum Gasteiger partial charge on any atom is 0.246 e. The highest BCUT2D eigenvalue weighted by molar-refractivity contribution is 7.89. The van der Waals surface area contributed by atoms with Gasteiger partial charge < -0.3 is 4.74 Å². The number of hydrogen-bond donors (Lipinski definition) is 1. The highest BCUT2D eigenvalue weighted by Gasteiger charge is 2.23. The van der Waals surface area contributed by atoms with E-state index in [1.54, 1.807) is 0 Å². The van der Waals surface area contributed by atoms with Crippen molar-refractivity contribution in [1.29, 1.82) is 0 Å². The first-order valence-corrected chi connectivity index (χ1v) is 9.00. The van der Waals surface area contributed by atoms with Crippen LogP contribution in [0.15, 0.2) is 53.4 Å². The number of rotatable bonds is 8. The molecule has 1 atom stereocenters. The fourth-order valence-electron chi connectivity index (χ4n) is 2.17. The predicted molar refractivity (Wildman–Crippen MR) is 87.0 cm³/mol. The highest BCUT2D eigenvalue weighted by atomic mass is 32.2. The Morgan fingerprint density at radius 1 is 1.04 bits per heavy atom. The number of hydrogen-bond acceptors (Lipinski definition) is 3. The van der Waals surface area contributed by atoms with Crippen LogP contribution >= 0.6 is 0 Å². The van der Waals surface area contributed by atoms with Gasteiger partial charge in [0.2, 0.25) is 10.0 Å². The molecule has 0 aliphatic carbocycles. The van der Waals surface area contributed by atoms with Gasteiger partial charge in [-0.25, -0.2) is 21.9 Å². The molecule has 0 bridgehead atoms. The predicted octanol–water partition coefficient (Wildman–Crippen LogP) is 3.41. The molecule has 2 aromatic rings. The second-order valence-corrected chi connectivity index (χ2v) is 6.93. The molecule has 0 spiro atoms. The van der Waals surface area contributed by atoms with E-state index in [1.807, 2.05) is 37.3 Å². The first kappa shape index (κ1) is 18.5. The summed E-state index contributed by atoms with van der Waals surface area (Å²) >= 11 is 0. The summed E-state index contributed by atoms with van der Waals surface area (Å²) in [7, 11) is -4.23. The topological polar surface area (TPSA) is 55.4 Å². The number of nitrogens with one attached hydrogen (secondary N) is 1. The van der Waals surface area contributed by atoms with Crippen LogP contribution in [0, 0.1) is 11.6 Å². The molecule has 2 aromatic carbocycles. The van der Waals surface area contributed by atoms with Crippen molar-refractivity contribution in [3.05, 3.63) is 65.7 Å². The molecule has 0 aliphatic rings. The monoisotopic (exact) mass is 355 g/mol. The van der Waals surface area contributed by atoms with Crippen molar-refractivity contribution in [3.63, 3.8) is 0 Å². The zero-order valence-electron chi connectivity index (χ0n) is 13.2. The summed E-state index contributed by atoms with van der Waals surface area (Å²) < 4.78 is 58.8. The Bertz CT molecular complexity index is 746. The van der Waals surface area contributed by atoms with Gasteiger partial charge in [-0.15, -0.1) is 0 Å². The number of halogens is 2. The smallest absolute Gasteiger partial charge is 0.246 e. The molecular formula is C17H19F2NO3S. The lowest BCUT2D eigenvalue weighted by molar-refractivity contribution is 0.0647. The van der Waals surface area contributed by atoms with E-state index in [-0.39, 0.29) is 12.6 Å². The number of sulfonamides is 1. The minimum Gasteiger partial charge on any atom is -0.374 e. The van der Waals surface area contributed by atoms with Gasteiger partial charge in [0.25, 0.3) is 0 Å². The van der Waals surface area contributed by atoms with E-state index in [2.05, 4.69) is 4.72 Å². The van der Waals surface area contributed by atoms with E-state index < -0.39 is 26.6 Å². The van der Waals surface area contributed by atoms with Crippen LogP contribution in [0.2, 0.25) is 0 Å². The Morgan fingerprint density at radius 2 is 1.67 bits per heavy atom. The summed E-state index contributed by atoms with van der Waals surface area (Å²) in [5.41, 5.74) is 1.02. The third-order valence-corrected chi connectivity index (χ3v) is 4.95. The quantitative estimate of drug-likeness (QED) is 0.739. The Labute approximate surface area is 140 Å². The normalized spacial score (nSPS) is 13.0. The van der Waals surface area contributed by atoms with Crippen LogP contribution in [0.25, 0.3) is 0 Å². The van der Waals surface area contributed by atoms with Crippen molar-refractivity contribution in [2.24, 2.45) is 0 Å². The Hall–Kier alpha value is -1.83.